The Morgan fingerprint density at radius 1 is 1.09 bits per heavy atom. The van der Waals surface area contributed by atoms with Crippen molar-refractivity contribution in [3.05, 3.63) is 35.4 Å². The van der Waals surface area contributed by atoms with E-state index in [1.807, 2.05) is 4.90 Å². The summed E-state index contributed by atoms with van der Waals surface area (Å²) in [6, 6.07) is 8.78. The topological polar surface area (TPSA) is 32.8 Å². The molecule has 0 N–H and O–H groups in total. The number of methoxy groups -OCH3 is 1. The van der Waals surface area contributed by atoms with Gasteiger partial charge in [-0.1, -0.05) is 29.8 Å². The molecule has 0 bridgehead atoms. The number of hydrogen-bond donors (Lipinski definition) is 0. The summed E-state index contributed by atoms with van der Waals surface area (Å²) in [7, 11) is 1.69. The van der Waals surface area contributed by atoms with Crippen LogP contribution in [0.2, 0.25) is 0 Å². The van der Waals surface area contributed by atoms with Crippen LogP contribution in [0.5, 0.6) is 0 Å². The maximum Gasteiger partial charge on any atom is 0.229 e. The lowest BCUT2D eigenvalue weighted by molar-refractivity contribution is -0.138. The fourth-order valence-corrected chi connectivity index (χ4v) is 3.86. The number of carbonyl (C=O) groups is 1. The lowest BCUT2D eigenvalue weighted by Gasteiger charge is -2.38. The third-order valence-corrected chi connectivity index (χ3v) is 5.51. The van der Waals surface area contributed by atoms with Crippen LogP contribution in [0.1, 0.15) is 30.4 Å². The molecule has 126 valence electrons. The second-order valence-corrected chi connectivity index (χ2v) is 7.08. The van der Waals surface area contributed by atoms with Gasteiger partial charge in [0.25, 0.3) is 0 Å². The van der Waals surface area contributed by atoms with Crippen molar-refractivity contribution < 1.29 is 9.53 Å². The van der Waals surface area contributed by atoms with E-state index in [9.17, 15) is 4.79 Å². The van der Waals surface area contributed by atoms with Gasteiger partial charge in [0.1, 0.15) is 0 Å². The van der Waals surface area contributed by atoms with Crippen molar-refractivity contribution in [2.75, 3.05) is 39.9 Å². The Labute approximate surface area is 139 Å². The smallest absolute Gasteiger partial charge is 0.229 e. The second-order valence-electron chi connectivity index (χ2n) is 7.08. The molecule has 2 fully saturated rings. The molecule has 0 aliphatic carbocycles. The van der Waals surface area contributed by atoms with Crippen LogP contribution in [0.15, 0.2) is 24.3 Å². The molecule has 1 amide bonds. The molecule has 2 heterocycles. The highest BCUT2D eigenvalue weighted by molar-refractivity contribution is 5.85. The summed E-state index contributed by atoms with van der Waals surface area (Å²) in [4.78, 5) is 17.2. The number of amides is 1. The average molecular weight is 316 g/mol. The first kappa shape index (κ1) is 16.5. The van der Waals surface area contributed by atoms with Crippen molar-refractivity contribution in [3.63, 3.8) is 0 Å². The van der Waals surface area contributed by atoms with Gasteiger partial charge in [0.05, 0.1) is 12.0 Å². The number of carbonyl (C=O) groups excluding carboxylic acids is 1. The third-order valence-electron chi connectivity index (χ3n) is 5.51. The van der Waals surface area contributed by atoms with Gasteiger partial charge in [-0.05, 0) is 44.8 Å². The lowest BCUT2D eigenvalue weighted by atomic mass is 9.77. The van der Waals surface area contributed by atoms with Gasteiger partial charge in [0.15, 0.2) is 0 Å². The third kappa shape index (κ3) is 3.59. The van der Waals surface area contributed by atoms with E-state index >= 15 is 0 Å². The molecule has 2 aliphatic rings. The molecule has 1 spiro atoms. The summed E-state index contributed by atoms with van der Waals surface area (Å²) in [5.41, 5.74) is 2.59. The van der Waals surface area contributed by atoms with Gasteiger partial charge in [-0.3, -0.25) is 9.69 Å². The standard InChI is InChI=1S/C19H28N2O2/c1-16-3-5-17(6-4-16)15-20-10-7-19(8-11-20)9-12-21(18(19)22)13-14-23-2/h3-6H,7-15H2,1-2H3. The van der Waals surface area contributed by atoms with Crippen LogP contribution in [-0.2, 0) is 16.1 Å². The van der Waals surface area contributed by atoms with Gasteiger partial charge in [-0.15, -0.1) is 0 Å². The van der Waals surface area contributed by atoms with Crippen LogP contribution < -0.4 is 0 Å². The minimum Gasteiger partial charge on any atom is -0.383 e. The Morgan fingerprint density at radius 2 is 1.74 bits per heavy atom. The predicted octanol–water partition coefficient (Wildman–Crippen LogP) is 2.46. The van der Waals surface area contributed by atoms with Crippen molar-refractivity contribution in [1.29, 1.82) is 0 Å². The van der Waals surface area contributed by atoms with E-state index < -0.39 is 0 Å². The molecule has 1 aromatic rings. The van der Waals surface area contributed by atoms with Crippen LogP contribution in [-0.4, -0.2) is 55.6 Å². The molecule has 0 radical (unpaired) electrons. The van der Waals surface area contributed by atoms with Gasteiger partial charge >= 0.3 is 0 Å². The molecule has 0 unspecified atom stereocenters. The minimum absolute atomic E-state index is 0.0858. The molecule has 2 aliphatic heterocycles. The van der Waals surface area contributed by atoms with Crippen LogP contribution >= 0.6 is 0 Å². The fourth-order valence-electron chi connectivity index (χ4n) is 3.86. The van der Waals surface area contributed by atoms with E-state index in [1.54, 1.807) is 7.11 Å². The summed E-state index contributed by atoms with van der Waals surface area (Å²) in [6.07, 6.45) is 3.02. The highest BCUT2D eigenvalue weighted by Gasteiger charge is 2.47. The molecule has 0 atom stereocenters. The minimum atomic E-state index is -0.0858. The maximum absolute atomic E-state index is 12.7. The normalized spacial score (nSPS) is 21.3. The first-order chi connectivity index (χ1) is 11.1. The second kappa shape index (κ2) is 7.02. The summed E-state index contributed by atoms with van der Waals surface area (Å²) in [5.74, 6) is 0.365. The molecule has 0 saturated carbocycles. The van der Waals surface area contributed by atoms with E-state index in [0.717, 1.165) is 52.0 Å². The Balaban J connectivity index is 1.54. The molecule has 4 heteroatoms. The molecular weight excluding hydrogens is 288 g/mol. The largest absolute Gasteiger partial charge is 0.383 e. The highest BCUT2D eigenvalue weighted by Crippen LogP contribution is 2.41. The molecule has 0 aromatic heterocycles. The number of likely N-dealkylation sites (tertiary alicyclic amines) is 2. The Kier molecular flexibility index (Phi) is 5.02. The van der Waals surface area contributed by atoms with E-state index in [1.165, 1.54) is 11.1 Å². The van der Waals surface area contributed by atoms with E-state index in [0.29, 0.717) is 12.5 Å². The summed E-state index contributed by atoms with van der Waals surface area (Å²) >= 11 is 0. The maximum atomic E-state index is 12.7. The molecule has 23 heavy (non-hydrogen) atoms. The van der Waals surface area contributed by atoms with Crippen molar-refractivity contribution in [3.8, 4) is 0 Å². The molecule has 3 rings (SSSR count). The van der Waals surface area contributed by atoms with Crippen LogP contribution in [0.3, 0.4) is 0 Å². The van der Waals surface area contributed by atoms with Gasteiger partial charge in [0.2, 0.25) is 5.91 Å². The van der Waals surface area contributed by atoms with E-state index in [4.69, 9.17) is 4.74 Å². The number of piperidine rings is 1. The monoisotopic (exact) mass is 316 g/mol. The first-order valence-electron chi connectivity index (χ1n) is 8.69. The SMILES string of the molecule is COCCN1CCC2(CCN(Cc3ccc(C)cc3)CC2)C1=O. The molecular formula is C19H28N2O2. The number of benzene rings is 1. The number of ether oxygens (including phenoxy) is 1. The van der Waals surface area contributed by atoms with Gasteiger partial charge in [-0.2, -0.15) is 0 Å². The van der Waals surface area contributed by atoms with E-state index in [-0.39, 0.29) is 5.41 Å². The number of hydrogen-bond acceptors (Lipinski definition) is 3. The predicted molar refractivity (Wildman–Crippen MR) is 91.2 cm³/mol. The summed E-state index contributed by atoms with van der Waals surface area (Å²) in [5, 5.41) is 0. The van der Waals surface area contributed by atoms with Gasteiger partial charge < -0.3 is 9.64 Å². The zero-order valence-electron chi connectivity index (χ0n) is 14.4. The van der Waals surface area contributed by atoms with Gasteiger partial charge in [0, 0.05) is 26.7 Å². The lowest BCUT2D eigenvalue weighted by Crippen LogP contribution is -2.44. The fraction of sp³-hybridized carbons (Fsp3) is 0.632. The summed E-state index contributed by atoms with van der Waals surface area (Å²) in [6.45, 7) is 7.45. The number of rotatable bonds is 5. The highest BCUT2D eigenvalue weighted by atomic mass is 16.5. The molecule has 1 aromatic carbocycles. The van der Waals surface area contributed by atoms with Crippen molar-refractivity contribution in [2.45, 2.75) is 32.7 Å². The first-order valence-corrected chi connectivity index (χ1v) is 8.69. The number of aryl methyl sites for hydroxylation is 1. The summed E-state index contributed by atoms with van der Waals surface area (Å²) < 4.78 is 5.12. The van der Waals surface area contributed by atoms with Crippen LogP contribution in [0.25, 0.3) is 0 Å². The van der Waals surface area contributed by atoms with E-state index in [2.05, 4.69) is 36.1 Å². The quantitative estimate of drug-likeness (QED) is 0.836. The molecule has 2 saturated heterocycles. The Hall–Kier alpha value is -1.39. The Bertz CT molecular complexity index is 533. The molecule has 4 nitrogen and oxygen atoms in total. The van der Waals surface area contributed by atoms with Crippen molar-refractivity contribution in [2.24, 2.45) is 5.41 Å². The zero-order valence-corrected chi connectivity index (χ0v) is 14.4. The Morgan fingerprint density at radius 3 is 2.39 bits per heavy atom. The zero-order chi connectivity index (χ0) is 16.3. The van der Waals surface area contributed by atoms with Crippen LogP contribution in [0.4, 0.5) is 0 Å². The number of nitrogens with zero attached hydrogens (tertiary/aromatic N) is 2. The van der Waals surface area contributed by atoms with Gasteiger partial charge in [-0.25, -0.2) is 0 Å². The van der Waals surface area contributed by atoms with Crippen molar-refractivity contribution in [1.82, 2.24) is 9.80 Å². The van der Waals surface area contributed by atoms with Crippen LogP contribution in [0, 0.1) is 12.3 Å². The van der Waals surface area contributed by atoms with Crippen molar-refractivity contribution >= 4 is 5.91 Å². The average Bonchev–Trinajstić information content (AvgIpc) is 2.86.